The molecule has 0 aromatic heterocycles. The van der Waals surface area contributed by atoms with Gasteiger partial charge >= 0.3 is 0 Å². The van der Waals surface area contributed by atoms with Crippen LogP contribution in [0.15, 0.2) is 25.3 Å². The van der Waals surface area contributed by atoms with E-state index < -0.39 is 0 Å². The molecular formula is C10H20. The Hall–Kier alpha value is -0.520. The van der Waals surface area contributed by atoms with E-state index in [9.17, 15) is 0 Å². The van der Waals surface area contributed by atoms with Crippen molar-refractivity contribution in [3.8, 4) is 0 Å². The molecule has 0 rings (SSSR count). The predicted molar refractivity (Wildman–Crippen MR) is 50.1 cm³/mol. The van der Waals surface area contributed by atoms with E-state index in [1.807, 2.05) is 12.2 Å². The molecule has 0 aliphatic heterocycles. The summed E-state index contributed by atoms with van der Waals surface area (Å²) in [5.41, 5.74) is 0. The zero-order chi connectivity index (χ0) is 8.41. The summed E-state index contributed by atoms with van der Waals surface area (Å²) in [5.74, 6) is 0.648. The van der Waals surface area contributed by atoms with Gasteiger partial charge in [-0.15, -0.1) is 13.2 Å². The number of unbranched alkanes of at least 4 members (excludes halogenated alkanes) is 1. The van der Waals surface area contributed by atoms with Crippen molar-refractivity contribution < 1.29 is 0 Å². The lowest BCUT2D eigenvalue weighted by Gasteiger charge is -1.84. The minimum Gasteiger partial charge on any atom is -0.103 e. The summed E-state index contributed by atoms with van der Waals surface area (Å²) in [7, 11) is 0. The molecule has 0 aliphatic carbocycles. The van der Waals surface area contributed by atoms with Crippen molar-refractivity contribution in [2.24, 2.45) is 5.92 Å². The maximum Gasteiger partial charge on any atom is -0.0293 e. The van der Waals surface area contributed by atoms with Gasteiger partial charge in [-0.25, -0.2) is 0 Å². The van der Waals surface area contributed by atoms with Gasteiger partial charge in [0, 0.05) is 0 Å². The molecule has 0 atom stereocenters. The molecule has 0 amide bonds. The van der Waals surface area contributed by atoms with Crippen LogP contribution in [0, 0.1) is 5.92 Å². The minimum absolute atomic E-state index is 0.648. The fourth-order valence-electron chi connectivity index (χ4n) is 0.204. The predicted octanol–water partition coefficient (Wildman–Crippen LogP) is 3.80. The third kappa shape index (κ3) is 25.9. The zero-order valence-corrected chi connectivity index (χ0v) is 7.56. The van der Waals surface area contributed by atoms with Crippen molar-refractivity contribution in [2.75, 3.05) is 0 Å². The van der Waals surface area contributed by atoms with Crippen LogP contribution in [0.1, 0.15) is 33.6 Å². The highest BCUT2D eigenvalue weighted by atomic mass is 13.8. The Morgan fingerprint density at radius 1 is 1.30 bits per heavy atom. The van der Waals surface area contributed by atoms with E-state index >= 15 is 0 Å². The summed E-state index contributed by atoms with van der Waals surface area (Å²) in [6.45, 7) is 13.5. The lowest BCUT2D eigenvalue weighted by atomic mass is 10.2. The maximum absolute atomic E-state index is 3.56. The molecule has 0 saturated carbocycles. The second-order valence-electron chi connectivity index (χ2n) is 2.56. The Morgan fingerprint density at radius 3 is 1.70 bits per heavy atom. The SMILES string of the molecule is C=CC(C)C.C=CCCC. The topological polar surface area (TPSA) is 0 Å². The summed E-state index contributed by atoms with van der Waals surface area (Å²) in [5, 5.41) is 0. The molecule has 0 nitrogen and oxygen atoms in total. The molecule has 0 saturated heterocycles. The van der Waals surface area contributed by atoms with E-state index in [0.29, 0.717) is 5.92 Å². The molecule has 60 valence electrons. The van der Waals surface area contributed by atoms with Crippen LogP contribution in [-0.4, -0.2) is 0 Å². The summed E-state index contributed by atoms with van der Waals surface area (Å²) < 4.78 is 0. The molecule has 0 fully saturated rings. The van der Waals surface area contributed by atoms with Crippen molar-refractivity contribution in [1.29, 1.82) is 0 Å². The third-order valence-electron chi connectivity index (χ3n) is 0.964. The Bertz CT molecular complexity index is 70.1. The van der Waals surface area contributed by atoms with E-state index in [-0.39, 0.29) is 0 Å². The van der Waals surface area contributed by atoms with Crippen LogP contribution in [0.2, 0.25) is 0 Å². The highest BCUT2D eigenvalue weighted by molar-refractivity contribution is 4.69. The first-order chi connectivity index (χ1) is 4.68. The average molecular weight is 140 g/mol. The van der Waals surface area contributed by atoms with Gasteiger partial charge in [0.1, 0.15) is 0 Å². The molecule has 0 spiro atoms. The van der Waals surface area contributed by atoms with Crippen LogP contribution >= 0.6 is 0 Å². The molecule has 0 unspecified atom stereocenters. The molecule has 0 aromatic rings. The van der Waals surface area contributed by atoms with Crippen molar-refractivity contribution in [2.45, 2.75) is 33.6 Å². The van der Waals surface area contributed by atoms with Gasteiger partial charge in [-0.2, -0.15) is 0 Å². The normalized spacial score (nSPS) is 8.00. The molecule has 0 N–H and O–H groups in total. The average Bonchev–Trinajstić information content (AvgIpc) is 1.91. The lowest BCUT2D eigenvalue weighted by Crippen LogP contribution is -1.71. The van der Waals surface area contributed by atoms with E-state index in [4.69, 9.17) is 0 Å². The summed E-state index contributed by atoms with van der Waals surface area (Å²) in [4.78, 5) is 0. The van der Waals surface area contributed by atoms with Gasteiger partial charge in [-0.3, -0.25) is 0 Å². The van der Waals surface area contributed by atoms with Crippen LogP contribution in [0.25, 0.3) is 0 Å². The molecule has 0 heterocycles. The van der Waals surface area contributed by atoms with Gasteiger partial charge in [0.05, 0.1) is 0 Å². The van der Waals surface area contributed by atoms with Gasteiger partial charge in [-0.05, 0) is 12.3 Å². The van der Waals surface area contributed by atoms with Crippen LogP contribution in [0.5, 0.6) is 0 Å². The molecule has 0 aromatic carbocycles. The Balaban J connectivity index is 0. The number of hydrogen-bond donors (Lipinski definition) is 0. The lowest BCUT2D eigenvalue weighted by molar-refractivity contribution is 0.835. The molecule has 0 heteroatoms. The van der Waals surface area contributed by atoms with E-state index in [1.165, 1.54) is 6.42 Å². The quantitative estimate of drug-likeness (QED) is 0.523. The van der Waals surface area contributed by atoms with Crippen LogP contribution < -0.4 is 0 Å². The monoisotopic (exact) mass is 140 g/mol. The standard InChI is InChI=1S/2C5H10/c1-4-5(2)3;1-3-5-4-2/h4-5H,1H2,2-3H3;3H,1,4-5H2,2H3. The molecule has 0 bridgehead atoms. The first-order valence-corrected chi connectivity index (χ1v) is 3.92. The van der Waals surface area contributed by atoms with Crippen molar-refractivity contribution >= 4 is 0 Å². The zero-order valence-electron chi connectivity index (χ0n) is 7.56. The Morgan fingerprint density at radius 2 is 1.70 bits per heavy atom. The fourth-order valence-corrected chi connectivity index (χ4v) is 0.204. The van der Waals surface area contributed by atoms with E-state index in [0.717, 1.165) is 6.42 Å². The van der Waals surface area contributed by atoms with Crippen LogP contribution in [0.3, 0.4) is 0 Å². The van der Waals surface area contributed by atoms with Crippen LogP contribution in [-0.2, 0) is 0 Å². The summed E-state index contributed by atoms with van der Waals surface area (Å²) in [6.07, 6.45) is 6.23. The number of allylic oxidation sites excluding steroid dienone is 2. The second kappa shape index (κ2) is 11.3. The fraction of sp³-hybridized carbons (Fsp3) is 0.600. The first-order valence-electron chi connectivity index (χ1n) is 3.92. The molecule has 0 radical (unpaired) electrons. The molecule has 10 heavy (non-hydrogen) atoms. The smallest absolute Gasteiger partial charge is 0.0293 e. The highest BCUT2D eigenvalue weighted by Crippen LogP contribution is 1.87. The Kier molecular flexibility index (Phi) is 13.8. The highest BCUT2D eigenvalue weighted by Gasteiger charge is 1.73. The Labute approximate surface area is 65.7 Å². The third-order valence-corrected chi connectivity index (χ3v) is 0.964. The number of rotatable bonds is 3. The minimum atomic E-state index is 0.648. The van der Waals surface area contributed by atoms with Gasteiger partial charge in [0.15, 0.2) is 0 Å². The van der Waals surface area contributed by atoms with E-state index in [2.05, 4.69) is 33.9 Å². The van der Waals surface area contributed by atoms with Crippen LogP contribution in [0.4, 0.5) is 0 Å². The van der Waals surface area contributed by atoms with Crippen molar-refractivity contribution in [3.63, 3.8) is 0 Å². The van der Waals surface area contributed by atoms with Gasteiger partial charge in [-0.1, -0.05) is 39.3 Å². The van der Waals surface area contributed by atoms with Crippen molar-refractivity contribution in [3.05, 3.63) is 25.3 Å². The van der Waals surface area contributed by atoms with Gasteiger partial charge in [0.2, 0.25) is 0 Å². The molecule has 0 aliphatic rings. The number of hydrogen-bond acceptors (Lipinski definition) is 0. The largest absolute Gasteiger partial charge is 0.103 e. The summed E-state index contributed by atoms with van der Waals surface area (Å²) >= 11 is 0. The molecular weight excluding hydrogens is 120 g/mol. The maximum atomic E-state index is 3.56. The summed E-state index contributed by atoms with van der Waals surface area (Å²) in [6, 6.07) is 0. The second-order valence-corrected chi connectivity index (χ2v) is 2.56. The van der Waals surface area contributed by atoms with Gasteiger partial charge in [0.25, 0.3) is 0 Å². The van der Waals surface area contributed by atoms with E-state index in [1.54, 1.807) is 0 Å². The van der Waals surface area contributed by atoms with Gasteiger partial charge < -0.3 is 0 Å². The van der Waals surface area contributed by atoms with Crippen molar-refractivity contribution in [1.82, 2.24) is 0 Å². The first kappa shape index (κ1) is 12.2.